The minimum absolute atomic E-state index is 0.0122. The topological polar surface area (TPSA) is 98.3 Å². The third-order valence-electron chi connectivity index (χ3n) is 2.71. The number of fused-ring (bicyclic) bond motifs is 1. The van der Waals surface area contributed by atoms with Gasteiger partial charge in [-0.3, -0.25) is 10.1 Å². The predicted octanol–water partition coefficient (Wildman–Crippen LogP) is 3.51. The van der Waals surface area contributed by atoms with Crippen LogP contribution in [0, 0.1) is 10.1 Å². The number of non-ortho nitro benzene ring substituents is 1. The average Bonchev–Trinajstić information content (AvgIpc) is 2.75. The lowest BCUT2D eigenvalue weighted by Gasteiger charge is -2.08. The first-order valence-corrected chi connectivity index (χ1v) is 5.42. The predicted molar refractivity (Wildman–Crippen MR) is 59.8 cm³/mol. The van der Waals surface area contributed by atoms with E-state index < -0.39 is 56.0 Å². The standard InChI is InChI=1S/C10H3F6N3O4/c11-9(12,13)3-1-4-6(5(2-3)19(22)23)17-7(10(14,15)16)18(4)8(20)21/h1-2H,(H,20,21). The van der Waals surface area contributed by atoms with Crippen molar-refractivity contribution >= 4 is 22.8 Å². The van der Waals surface area contributed by atoms with Gasteiger partial charge in [0, 0.05) is 6.07 Å². The SMILES string of the molecule is O=C(O)n1c(C(F)(F)F)nc2c([N+](=O)[O-])cc(C(F)(F)F)cc21. The molecular formula is C10H3F6N3O4. The van der Waals surface area contributed by atoms with Crippen LogP contribution >= 0.6 is 0 Å². The molecule has 0 spiro atoms. The number of carbonyl (C=O) groups is 1. The van der Waals surface area contributed by atoms with Crippen LogP contribution in [0.15, 0.2) is 12.1 Å². The van der Waals surface area contributed by atoms with E-state index in [1.165, 1.54) is 0 Å². The lowest BCUT2D eigenvalue weighted by Crippen LogP contribution is -2.19. The van der Waals surface area contributed by atoms with Gasteiger partial charge in [0.25, 0.3) is 5.69 Å². The molecule has 0 aliphatic heterocycles. The number of alkyl halides is 6. The van der Waals surface area contributed by atoms with E-state index in [0.29, 0.717) is 0 Å². The molecule has 23 heavy (non-hydrogen) atoms. The van der Waals surface area contributed by atoms with Crippen LogP contribution in [-0.4, -0.2) is 25.7 Å². The van der Waals surface area contributed by atoms with Crippen molar-refractivity contribution in [2.75, 3.05) is 0 Å². The van der Waals surface area contributed by atoms with Gasteiger partial charge in [-0.05, 0) is 6.07 Å². The second-order valence-corrected chi connectivity index (χ2v) is 4.17. The Balaban J connectivity index is 3.02. The molecule has 7 nitrogen and oxygen atoms in total. The Morgan fingerprint density at radius 3 is 2.13 bits per heavy atom. The van der Waals surface area contributed by atoms with E-state index >= 15 is 0 Å². The lowest BCUT2D eigenvalue weighted by molar-refractivity contribution is -0.383. The third-order valence-corrected chi connectivity index (χ3v) is 2.71. The van der Waals surface area contributed by atoms with Crippen molar-refractivity contribution in [3.63, 3.8) is 0 Å². The summed E-state index contributed by atoms with van der Waals surface area (Å²) >= 11 is 0. The molecule has 0 bridgehead atoms. The average molecular weight is 343 g/mol. The number of halogens is 6. The molecule has 0 fully saturated rings. The zero-order valence-electron chi connectivity index (χ0n) is 10.4. The Morgan fingerprint density at radius 1 is 1.17 bits per heavy atom. The van der Waals surface area contributed by atoms with Gasteiger partial charge in [0.15, 0.2) is 5.52 Å². The molecule has 1 N–H and O–H groups in total. The number of hydrogen-bond donors (Lipinski definition) is 1. The summed E-state index contributed by atoms with van der Waals surface area (Å²) in [5.74, 6) is -2.08. The highest BCUT2D eigenvalue weighted by Gasteiger charge is 2.42. The fourth-order valence-electron chi connectivity index (χ4n) is 1.85. The number of rotatable bonds is 1. The number of nitro groups is 1. The van der Waals surface area contributed by atoms with Crippen molar-refractivity contribution < 1.29 is 41.2 Å². The molecule has 0 unspecified atom stereocenters. The van der Waals surface area contributed by atoms with E-state index in [0.717, 1.165) is 0 Å². The van der Waals surface area contributed by atoms with Crippen molar-refractivity contribution in [3.05, 3.63) is 33.6 Å². The molecule has 2 rings (SSSR count). The summed E-state index contributed by atoms with van der Waals surface area (Å²) in [6, 6.07) is 0.0420. The minimum Gasteiger partial charge on any atom is -0.464 e. The fourth-order valence-corrected chi connectivity index (χ4v) is 1.85. The third kappa shape index (κ3) is 2.76. The minimum atomic E-state index is -5.34. The Labute approximate surface area is 120 Å². The Kier molecular flexibility index (Phi) is 3.46. The summed E-state index contributed by atoms with van der Waals surface area (Å²) < 4.78 is 75.9. The molecule has 124 valence electrons. The van der Waals surface area contributed by atoms with Gasteiger partial charge in [0.1, 0.15) is 0 Å². The maximum Gasteiger partial charge on any atom is 0.450 e. The molecule has 2 aromatic rings. The zero-order chi connectivity index (χ0) is 17.7. The van der Waals surface area contributed by atoms with Crippen LogP contribution in [0.5, 0.6) is 0 Å². The number of benzene rings is 1. The molecule has 1 heterocycles. The summed E-state index contributed by atoms with van der Waals surface area (Å²) in [7, 11) is 0. The second kappa shape index (κ2) is 4.82. The molecule has 0 aliphatic carbocycles. The molecule has 0 amide bonds. The maximum atomic E-state index is 12.8. The zero-order valence-corrected chi connectivity index (χ0v) is 10.4. The van der Waals surface area contributed by atoms with E-state index in [1.807, 2.05) is 0 Å². The van der Waals surface area contributed by atoms with Crippen molar-refractivity contribution in [3.8, 4) is 0 Å². The summed E-state index contributed by atoms with van der Waals surface area (Å²) in [4.78, 5) is 23.2. The number of carboxylic acid groups (broad SMARTS) is 1. The maximum absolute atomic E-state index is 12.8. The molecular weight excluding hydrogens is 340 g/mol. The number of hydrogen-bond acceptors (Lipinski definition) is 4. The number of aromatic nitrogens is 2. The summed E-state index contributed by atoms with van der Waals surface area (Å²) in [5, 5.41) is 19.6. The summed E-state index contributed by atoms with van der Waals surface area (Å²) in [6.45, 7) is 0. The Hall–Kier alpha value is -2.86. The number of nitro benzene ring substituents is 1. The fraction of sp³-hybridized carbons (Fsp3) is 0.200. The van der Waals surface area contributed by atoms with Crippen molar-refractivity contribution in [1.29, 1.82) is 0 Å². The monoisotopic (exact) mass is 343 g/mol. The first kappa shape index (κ1) is 16.5. The highest BCUT2D eigenvalue weighted by atomic mass is 19.4. The van der Waals surface area contributed by atoms with Crippen LogP contribution in [0.3, 0.4) is 0 Å². The van der Waals surface area contributed by atoms with E-state index in [2.05, 4.69) is 4.98 Å². The Bertz CT molecular complexity index is 823. The molecule has 1 aromatic heterocycles. The molecule has 0 saturated heterocycles. The van der Waals surface area contributed by atoms with E-state index in [4.69, 9.17) is 5.11 Å². The van der Waals surface area contributed by atoms with Crippen LogP contribution in [0.25, 0.3) is 11.0 Å². The molecule has 0 atom stereocenters. The van der Waals surface area contributed by atoms with E-state index in [1.54, 1.807) is 0 Å². The number of nitrogens with zero attached hydrogens (tertiary/aromatic N) is 3. The van der Waals surface area contributed by atoms with Crippen molar-refractivity contribution in [1.82, 2.24) is 9.55 Å². The van der Waals surface area contributed by atoms with Crippen LogP contribution in [0.1, 0.15) is 11.4 Å². The first-order chi connectivity index (χ1) is 10.3. The van der Waals surface area contributed by atoms with Crippen LogP contribution in [0.2, 0.25) is 0 Å². The summed E-state index contributed by atoms with van der Waals surface area (Å²) in [5.41, 5.74) is -5.36. The van der Waals surface area contributed by atoms with Gasteiger partial charge in [0.2, 0.25) is 5.82 Å². The highest BCUT2D eigenvalue weighted by molar-refractivity contribution is 5.92. The molecule has 13 heteroatoms. The normalized spacial score (nSPS) is 12.6. The smallest absolute Gasteiger partial charge is 0.450 e. The van der Waals surface area contributed by atoms with Gasteiger partial charge in [-0.2, -0.15) is 26.3 Å². The molecule has 0 aliphatic rings. The van der Waals surface area contributed by atoms with Gasteiger partial charge in [-0.15, -0.1) is 0 Å². The lowest BCUT2D eigenvalue weighted by atomic mass is 10.1. The quantitative estimate of drug-likeness (QED) is 0.485. The molecule has 1 aromatic carbocycles. The van der Waals surface area contributed by atoms with Crippen molar-refractivity contribution in [2.45, 2.75) is 12.4 Å². The van der Waals surface area contributed by atoms with Crippen LogP contribution in [0.4, 0.5) is 36.8 Å². The van der Waals surface area contributed by atoms with E-state index in [9.17, 15) is 41.3 Å². The highest BCUT2D eigenvalue weighted by Crippen LogP contribution is 2.39. The van der Waals surface area contributed by atoms with Gasteiger partial charge in [-0.25, -0.2) is 14.3 Å². The second-order valence-electron chi connectivity index (χ2n) is 4.17. The van der Waals surface area contributed by atoms with Gasteiger partial charge in [-0.1, -0.05) is 0 Å². The largest absolute Gasteiger partial charge is 0.464 e. The van der Waals surface area contributed by atoms with Crippen molar-refractivity contribution in [2.24, 2.45) is 0 Å². The summed E-state index contributed by atoms with van der Waals surface area (Å²) in [6.07, 6.45) is -12.8. The Morgan fingerprint density at radius 2 is 1.74 bits per heavy atom. The van der Waals surface area contributed by atoms with Gasteiger partial charge in [0.05, 0.1) is 16.0 Å². The number of imidazole rings is 1. The van der Waals surface area contributed by atoms with E-state index in [-0.39, 0.29) is 12.1 Å². The van der Waals surface area contributed by atoms with Crippen LogP contribution in [-0.2, 0) is 12.4 Å². The first-order valence-electron chi connectivity index (χ1n) is 5.42. The van der Waals surface area contributed by atoms with Crippen LogP contribution < -0.4 is 0 Å². The van der Waals surface area contributed by atoms with Gasteiger partial charge >= 0.3 is 18.4 Å². The molecule has 0 radical (unpaired) electrons. The molecule has 0 saturated carbocycles. The van der Waals surface area contributed by atoms with Gasteiger partial charge < -0.3 is 5.11 Å².